The first-order valence-electron chi connectivity index (χ1n) is 9.66. The second kappa shape index (κ2) is 9.75. The molecule has 4 rings (SSSR count). The molecule has 2 amide bonds. The van der Waals surface area contributed by atoms with E-state index in [2.05, 4.69) is 21.0 Å². The van der Waals surface area contributed by atoms with Gasteiger partial charge in [-0.2, -0.15) is 0 Å². The maximum Gasteiger partial charge on any atom is 0.305 e. The van der Waals surface area contributed by atoms with Crippen LogP contribution in [0.4, 0.5) is 4.39 Å². The Morgan fingerprint density at radius 3 is 2.74 bits per heavy atom. The molecular formula is C20H20FN5O4S. The lowest BCUT2D eigenvalue weighted by Crippen LogP contribution is -2.42. The van der Waals surface area contributed by atoms with E-state index in [4.69, 9.17) is 9.15 Å². The molecule has 0 unspecified atom stereocenters. The molecule has 31 heavy (non-hydrogen) atoms. The molecule has 1 aliphatic rings. The first-order chi connectivity index (χ1) is 15.1. The molecule has 1 fully saturated rings. The van der Waals surface area contributed by atoms with Crippen molar-refractivity contribution in [3.05, 3.63) is 54.2 Å². The molecule has 0 spiro atoms. The van der Waals surface area contributed by atoms with Gasteiger partial charge in [-0.3, -0.25) is 25.0 Å². The van der Waals surface area contributed by atoms with Crippen LogP contribution in [0.1, 0.15) is 23.4 Å². The quantitative estimate of drug-likeness (QED) is 0.424. The third-order valence-corrected chi connectivity index (χ3v) is 5.59. The van der Waals surface area contributed by atoms with Gasteiger partial charge >= 0.3 is 5.91 Å². The van der Waals surface area contributed by atoms with Crippen molar-refractivity contribution >= 4 is 23.6 Å². The van der Waals surface area contributed by atoms with Gasteiger partial charge < -0.3 is 9.15 Å². The van der Waals surface area contributed by atoms with E-state index in [0.717, 1.165) is 12.8 Å². The zero-order chi connectivity index (χ0) is 21.6. The Kier molecular flexibility index (Phi) is 6.63. The van der Waals surface area contributed by atoms with Crippen LogP contribution >= 0.6 is 11.8 Å². The summed E-state index contributed by atoms with van der Waals surface area (Å²) in [5, 5.41) is 8.98. The molecule has 1 atom stereocenters. The fourth-order valence-corrected chi connectivity index (χ4v) is 3.87. The van der Waals surface area contributed by atoms with Crippen LogP contribution < -0.4 is 10.9 Å². The van der Waals surface area contributed by atoms with E-state index in [1.54, 1.807) is 18.2 Å². The van der Waals surface area contributed by atoms with E-state index in [9.17, 15) is 14.0 Å². The van der Waals surface area contributed by atoms with Crippen molar-refractivity contribution < 1.29 is 23.1 Å². The van der Waals surface area contributed by atoms with E-state index in [1.807, 2.05) is 4.57 Å². The number of furan rings is 1. The fourth-order valence-electron chi connectivity index (χ4n) is 3.13. The number of carbonyl (C=O) groups is 2. The molecule has 0 radical (unpaired) electrons. The standard InChI is InChI=1S/C20H20FN5O4S/c21-14-7-5-13(6-8-14)18-23-25-20(26(18)11-15-3-1-9-29-15)31-12-17(27)22-24-19(28)16-4-2-10-30-16/h2,4-8,10,15H,1,3,9,11-12H2,(H,22,27)(H,24,28)/t15-/m0/s1. The van der Waals surface area contributed by atoms with Crippen LogP contribution in [0.2, 0.25) is 0 Å². The van der Waals surface area contributed by atoms with Gasteiger partial charge in [-0.15, -0.1) is 10.2 Å². The minimum atomic E-state index is -0.552. The highest BCUT2D eigenvalue weighted by molar-refractivity contribution is 7.99. The Balaban J connectivity index is 1.42. The number of nitrogens with zero attached hydrogens (tertiary/aromatic N) is 3. The lowest BCUT2D eigenvalue weighted by atomic mass is 10.2. The summed E-state index contributed by atoms with van der Waals surface area (Å²) in [5.41, 5.74) is 5.34. The lowest BCUT2D eigenvalue weighted by Gasteiger charge is -2.14. The van der Waals surface area contributed by atoms with Crippen LogP contribution in [0.5, 0.6) is 0 Å². The molecule has 1 aliphatic heterocycles. The minimum Gasteiger partial charge on any atom is -0.459 e. The number of aromatic nitrogens is 3. The number of rotatable bonds is 7. The molecule has 1 aromatic carbocycles. The maximum absolute atomic E-state index is 13.3. The van der Waals surface area contributed by atoms with E-state index in [0.29, 0.717) is 29.7 Å². The van der Waals surface area contributed by atoms with Crippen LogP contribution in [-0.4, -0.2) is 45.0 Å². The SMILES string of the molecule is O=C(CSc1nnc(-c2ccc(F)cc2)n1C[C@@H]1CCCO1)NNC(=O)c1ccco1. The van der Waals surface area contributed by atoms with Gasteiger partial charge in [0.15, 0.2) is 16.7 Å². The van der Waals surface area contributed by atoms with Gasteiger partial charge in [0, 0.05) is 12.2 Å². The summed E-state index contributed by atoms with van der Waals surface area (Å²) in [5.74, 6) is -0.635. The summed E-state index contributed by atoms with van der Waals surface area (Å²) in [6.45, 7) is 1.23. The molecular weight excluding hydrogens is 425 g/mol. The molecule has 11 heteroatoms. The number of benzene rings is 1. The summed E-state index contributed by atoms with van der Waals surface area (Å²) in [4.78, 5) is 24.0. The Morgan fingerprint density at radius 1 is 1.19 bits per heavy atom. The van der Waals surface area contributed by atoms with Crippen molar-refractivity contribution in [1.29, 1.82) is 0 Å². The molecule has 1 saturated heterocycles. The Bertz CT molecular complexity index is 1030. The molecule has 3 heterocycles. The second-order valence-electron chi connectivity index (χ2n) is 6.83. The highest BCUT2D eigenvalue weighted by Crippen LogP contribution is 2.26. The highest BCUT2D eigenvalue weighted by atomic mass is 32.2. The van der Waals surface area contributed by atoms with Gasteiger partial charge in [-0.05, 0) is 49.2 Å². The van der Waals surface area contributed by atoms with Gasteiger partial charge in [0.25, 0.3) is 0 Å². The normalized spacial score (nSPS) is 15.7. The van der Waals surface area contributed by atoms with Gasteiger partial charge in [-0.1, -0.05) is 11.8 Å². The lowest BCUT2D eigenvalue weighted by molar-refractivity contribution is -0.119. The van der Waals surface area contributed by atoms with Crippen LogP contribution in [0, 0.1) is 5.82 Å². The molecule has 3 aromatic rings. The first kappa shape index (κ1) is 21.1. The van der Waals surface area contributed by atoms with Crippen molar-refractivity contribution in [2.75, 3.05) is 12.4 Å². The van der Waals surface area contributed by atoms with Crippen molar-refractivity contribution in [1.82, 2.24) is 25.6 Å². The predicted molar refractivity (Wildman–Crippen MR) is 109 cm³/mol. The third-order valence-electron chi connectivity index (χ3n) is 4.62. The number of ether oxygens (including phenoxy) is 1. The second-order valence-corrected chi connectivity index (χ2v) is 7.77. The van der Waals surface area contributed by atoms with Crippen LogP contribution in [0.15, 0.2) is 52.2 Å². The summed E-state index contributed by atoms with van der Waals surface area (Å²) in [6.07, 6.45) is 3.30. The average Bonchev–Trinajstić information content (AvgIpc) is 3.54. The smallest absolute Gasteiger partial charge is 0.305 e. The largest absolute Gasteiger partial charge is 0.459 e. The molecule has 2 aromatic heterocycles. The van der Waals surface area contributed by atoms with E-state index < -0.39 is 11.8 Å². The van der Waals surface area contributed by atoms with Gasteiger partial charge in [0.2, 0.25) is 5.91 Å². The number of hydrazine groups is 1. The van der Waals surface area contributed by atoms with Crippen molar-refractivity contribution in [3.63, 3.8) is 0 Å². The zero-order valence-corrected chi connectivity index (χ0v) is 17.2. The highest BCUT2D eigenvalue weighted by Gasteiger charge is 2.22. The van der Waals surface area contributed by atoms with E-state index >= 15 is 0 Å². The topological polar surface area (TPSA) is 111 Å². The van der Waals surface area contributed by atoms with Gasteiger partial charge in [0.1, 0.15) is 5.82 Å². The van der Waals surface area contributed by atoms with Gasteiger partial charge in [-0.25, -0.2) is 4.39 Å². The number of halogens is 1. The number of hydrogen-bond donors (Lipinski definition) is 2. The monoisotopic (exact) mass is 445 g/mol. The third kappa shape index (κ3) is 5.30. The Morgan fingerprint density at radius 2 is 2.03 bits per heavy atom. The van der Waals surface area contributed by atoms with Crippen LogP contribution in [0.3, 0.4) is 0 Å². The number of nitrogens with one attached hydrogen (secondary N) is 2. The van der Waals surface area contributed by atoms with E-state index in [1.165, 1.54) is 36.2 Å². The molecule has 9 nitrogen and oxygen atoms in total. The number of amides is 2. The van der Waals surface area contributed by atoms with Gasteiger partial charge in [0.05, 0.1) is 24.7 Å². The Labute approximate surface area is 181 Å². The molecule has 0 aliphatic carbocycles. The summed E-state index contributed by atoms with van der Waals surface area (Å²) < 4.78 is 25.9. The number of thioether (sulfide) groups is 1. The average molecular weight is 445 g/mol. The molecule has 162 valence electrons. The summed E-state index contributed by atoms with van der Waals surface area (Å²) >= 11 is 1.18. The number of hydrogen-bond acceptors (Lipinski definition) is 7. The molecule has 0 bridgehead atoms. The molecule has 0 saturated carbocycles. The predicted octanol–water partition coefficient (Wildman–Crippen LogP) is 2.41. The summed E-state index contributed by atoms with van der Waals surface area (Å²) in [6, 6.07) is 9.06. The minimum absolute atomic E-state index is 0.00547. The first-order valence-corrected chi connectivity index (χ1v) is 10.6. The van der Waals surface area contributed by atoms with Crippen molar-refractivity contribution in [2.45, 2.75) is 30.6 Å². The fraction of sp³-hybridized carbons (Fsp3) is 0.300. The van der Waals surface area contributed by atoms with Crippen LogP contribution in [-0.2, 0) is 16.1 Å². The van der Waals surface area contributed by atoms with E-state index in [-0.39, 0.29) is 23.4 Å². The Hall–Kier alpha value is -3.18. The number of carbonyl (C=O) groups excluding carboxylic acids is 2. The maximum atomic E-state index is 13.3. The van der Waals surface area contributed by atoms with Crippen molar-refractivity contribution in [3.8, 4) is 11.4 Å². The zero-order valence-electron chi connectivity index (χ0n) is 16.4. The summed E-state index contributed by atoms with van der Waals surface area (Å²) in [7, 11) is 0. The van der Waals surface area contributed by atoms with Crippen molar-refractivity contribution in [2.24, 2.45) is 0 Å². The molecule has 2 N–H and O–H groups in total. The van der Waals surface area contributed by atoms with Crippen LogP contribution in [0.25, 0.3) is 11.4 Å².